The predicted octanol–water partition coefficient (Wildman–Crippen LogP) is 6.14. The standard InChI is InChI=1S/C42H44O11/c1-26-33(34-31(24-46-40(52-34)29-19-11-5-12-20-29)48-39(26)45-23-27-15-7-3-8-16-27)51-42-37(50-38(43)28-17-9-4-10-18-28)36(44-2)35-32(49-42)25-47-41(53-35)30-21-13-6-14-22-30/h3-22,26,31-37,39-42H,23-25H2,1-2H3/t26?,31?,32?,33-,34-,35-,36+,37?,39-,40?,41?,42+/m1/s1. The first-order chi connectivity index (χ1) is 26.1. The molecule has 0 radical (unpaired) electrons. The molecule has 4 saturated heterocycles. The van der Waals surface area contributed by atoms with Crippen LogP contribution in [-0.2, 0) is 54.0 Å². The van der Waals surface area contributed by atoms with Crippen LogP contribution in [0.5, 0.6) is 0 Å². The molecule has 4 aromatic carbocycles. The molecule has 0 aromatic heterocycles. The van der Waals surface area contributed by atoms with E-state index in [9.17, 15) is 4.79 Å². The van der Waals surface area contributed by atoms with Crippen molar-refractivity contribution >= 4 is 5.97 Å². The zero-order chi connectivity index (χ0) is 36.1. The highest BCUT2D eigenvalue weighted by Gasteiger charge is 2.56. The lowest BCUT2D eigenvalue weighted by molar-refractivity contribution is -0.400. The Bertz CT molecular complexity index is 1750. The van der Waals surface area contributed by atoms with Crippen LogP contribution >= 0.6 is 0 Å². The molecule has 53 heavy (non-hydrogen) atoms. The summed E-state index contributed by atoms with van der Waals surface area (Å²) in [5.41, 5.74) is 3.11. The molecule has 4 fully saturated rings. The fourth-order valence-corrected chi connectivity index (χ4v) is 7.38. The third-order valence-electron chi connectivity index (χ3n) is 10.1. The minimum Gasteiger partial charge on any atom is -0.450 e. The summed E-state index contributed by atoms with van der Waals surface area (Å²) in [6, 6.07) is 38.1. The molecule has 8 rings (SSSR count). The number of fused-ring (bicyclic) bond motifs is 2. The molecule has 0 spiro atoms. The van der Waals surface area contributed by atoms with Crippen molar-refractivity contribution in [1.82, 2.24) is 0 Å². The molecule has 0 aliphatic carbocycles. The Morgan fingerprint density at radius 3 is 1.70 bits per heavy atom. The van der Waals surface area contributed by atoms with Gasteiger partial charge < -0.3 is 47.4 Å². The molecule has 0 saturated carbocycles. The molecule has 0 N–H and O–H groups in total. The number of rotatable bonds is 10. The summed E-state index contributed by atoms with van der Waals surface area (Å²) in [7, 11) is 1.57. The van der Waals surface area contributed by atoms with E-state index in [2.05, 4.69) is 0 Å². The third-order valence-corrected chi connectivity index (χ3v) is 10.1. The van der Waals surface area contributed by atoms with Gasteiger partial charge in [0, 0.05) is 24.2 Å². The number of hydrogen-bond acceptors (Lipinski definition) is 11. The maximum Gasteiger partial charge on any atom is 0.338 e. The van der Waals surface area contributed by atoms with Gasteiger partial charge in [-0.05, 0) is 17.7 Å². The zero-order valence-corrected chi connectivity index (χ0v) is 29.6. The summed E-state index contributed by atoms with van der Waals surface area (Å²) < 4.78 is 64.4. The molecule has 4 heterocycles. The van der Waals surface area contributed by atoms with Gasteiger partial charge in [-0.3, -0.25) is 0 Å². The van der Waals surface area contributed by atoms with Gasteiger partial charge in [-0.15, -0.1) is 0 Å². The molecule has 278 valence electrons. The smallest absolute Gasteiger partial charge is 0.338 e. The van der Waals surface area contributed by atoms with Crippen molar-refractivity contribution in [1.29, 1.82) is 0 Å². The lowest BCUT2D eigenvalue weighted by Crippen LogP contribution is -2.66. The highest BCUT2D eigenvalue weighted by molar-refractivity contribution is 5.89. The van der Waals surface area contributed by atoms with Crippen LogP contribution in [0.3, 0.4) is 0 Å². The second-order valence-corrected chi connectivity index (χ2v) is 13.6. The Labute approximate surface area is 308 Å². The van der Waals surface area contributed by atoms with E-state index in [1.807, 2.05) is 104 Å². The number of esters is 1. The first kappa shape index (κ1) is 36.0. The van der Waals surface area contributed by atoms with Crippen LogP contribution in [-0.4, -0.2) is 81.6 Å². The Kier molecular flexibility index (Phi) is 11.2. The molecule has 11 heteroatoms. The maximum absolute atomic E-state index is 13.7. The summed E-state index contributed by atoms with van der Waals surface area (Å²) in [5.74, 6) is -0.906. The van der Waals surface area contributed by atoms with E-state index >= 15 is 0 Å². The van der Waals surface area contributed by atoms with E-state index in [1.54, 1.807) is 31.4 Å². The highest BCUT2D eigenvalue weighted by Crippen LogP contribution is 2.42. The van der Waals surface area contributed by atoms with Crippen molar-refractivity contribution in [2.45, 2.75) is 81.4 Å². The summed E-state index contributed by atoms with van der Waals surface area (Å²) in [5, 5.41) is 0. The first-order valence-corrected chi connectivity index (χ1v) is 18.1. The molecular weight excluding hydrogens is 680 g/mol. The van der Waals surface area contributed by atoms with Crippen LogP contribution in [0.25, 0.3) is 0 Å². The Morgan fingerprint density at radius 2 is 1.13 bits per heavy atom. The molecule has 6 unspecified atom stereocenters. The first-order valence-electron chi connectivity index (χ1n) is 18.1. The van der Waals surface area contributed by atoms with Gasteiger partial charge in [0.2, 0.25) is 0 Å². The van der Waals surface area contributed by atoms with E-state index in [0.717, 1.165) is 16.7 Å². The third kappa shape index (κ3) is 7.95. The van der Waals surface area contributed by atoms with Gasteiger partial charge >= 0.3 is 5.97 Å². The second-order valence-electron chi connectivity index (χ2n) is 13.6. The average molecular weight is 725 g/mol. The van der Waals surface area contributed by atoms with Gasteiger partial charge in [-0.2, -0.15) is 0 Å². The van der Waals surface area contributed by atoms with E-state index in [0.29, 0.717) is 12.2 Å². The van der Waals surface area contributed by atoms with E-state index < -0.39 is 73.9 Å². The van der Waals surface area contributed by atoms with E-state index in [4.69, 9.17) is 47.4 Å². The zero-order valence-electron chi connectivity index (χ0n) is 29.6. The van der Waals surface area contributed by atoms with Crippen molar-refractivity contribution in [3.05, 3.63) is 144 Å². The lowest BCUT2D eigenvalue weighted by atomic mass is 9.90. The molecule has 12 atom stereocenters. The topological polar surface area (TPSA) is 109 Å². The number of carbonyl (C=O) groups excluding carboxylic acids is 1. The summed E-state index contributed by atoms with van der Waals surface area (Å²) in [6.07, 6.45) is -7.89. The minimum absolute atomic E-state index is 0.196. The predicted molar refractivity (Wildman–Crippen MR) is 189 cm³/mol. The highest BCUT2D eigenvalue weighted by atomic mass is 16.8. The number of methoxy groups -OCH3 is 1. The van der Waals surface area contributed by atoms with Crippen LogP contribution in [0.4, 0.5) is 0 Å². The Hall–Kier alpha value is -4.01. The van der Waals surface area contributed by atoms with Crippen molar-refractivity contribution in [3.8, 4) is 0 Å². The van der Waals surface area contributed by atoms with Crippen LogP contribution < -0.4 is 0 Å². The average Bonchev–Trinajstić information content (AvgIpc) is 3.22. The molecule has 4 aromatic rings. The summed E-state index contributed by atoms with van der Waals surface area (Å²) in [6.45, 7) is 2.77. The van der Waals surface area contributed by atoms with E-state index in [1.165, 1.54) is 0 Å². The molecule has 0 amide bonds. The molecule has 0 bridgehead atoms. The van der Waals surface area contributed by atoms with E-state index in [-0.39, 0.29) is 19.1 Å². The van der Waals surface area contributed by atoms with Gasteiger partial charge in [0.05, 0.1) is 31.5 Å². The summed E-state index contributed by atoms with van der Waals surface area (Å²) >= 11 is 0. The monoisotopic (exact) mass is 724 g/mol. The molecule has 11 nitrogen and oxygen atoms in total. The second kappa shape index (κ2) is 16.6. The van der Waals surface area contributed by atoms with Gasteiger partial charge in [-0.1, -0.05) is 116 Å². The van der Waals surface area contributed by atoms with Crippen LogP contribution in [0, 0.1) is 5.92 Å². The van der Waals surface area contributed by atoms with Gasteiger partial charge in [-0.25, -0.2) is 4.79 Å². The van der Waals surface area contributed by atoms with Crippen molar-refractivity contribution in [2.75, 3.05) is 20.3 Å². The van der Waals surface area contributed by atoms with Gasteiger partial charge in [0.15, 0.2) is 31.3 Å². The Morgan fingerprint density at radius 1 is 0.623 bits per heavy atom. The van der Waals surface area contributed by atoms with Crippen molar-refractivity contribution < 1.29 is 52.2 Å². The number of hydrogen-bond donors (Lipinski definition) is 0. The normalized spacial score (nSPS) is 34.0. The molecule has 4 aliphatic rings. The largest absolute Gasteiger partial charge is 0.450 e. The fourth-order valence-electron chi connectivity index (χ4n) is 7.38. The lowest BCUT2D eigenvalue weighted by Gasteiger charge is -2.52. The van der Waals surface area contributed by atoms with Gasteiger partial charge in [0.1, 0.15) is 30.5 Å². The van der Waals surface area contributed by atoms with Crippen LogP contribution in [0.15, 0.2) is 121 Å². The molecular formula is C42H44O11. The Balaban J connectivity index is 1.09. The fraction of sp³-hybridized carbons (Fsp3) is 0.405. The van der Waals surface area contributed by atoms with Crippen LogP contribution in [0.2, 0.25) is 0 Å². The van der Waals surface area contributed by atoms with Gasteiger partial charge in [0.25, 0.3) is 0 Å². The SMILES string of the molecule is CO[C@@H]1C(OC(=O)c2ccccc2)[C@H](O[C@@H]2C(C)[C@H](OCc3ccccc3)OC3COC(c4ccccc4)O[C@H]32)OC2COC(c3ccccc3)O[C@H]21. The number of ether oxygens (including phenoxy) is 10. The van der Waals surface area contributed by atoms with Crippen molar-refractivity contribution in [3.63, 3.8) is 0 Å². The van der Waals surface area contributed by atoms with Crippen molar-refractivity contribution in [2.24, 2.45) is 5.92 Å². The minimum atomic E-state index is -1.10. The number of benzene rings is 4. The number of carbonyl (C=O) groups is 1. The molecule has 4 aliphatic heterocycles. The quantitative estimate of drug-likeness (QED) is 0.176. The maximum atomic E-state index is 13.7. The summed E-state index contributed by atoms with van der Waals surface area (Å²) in [4.78, 5) is 13.7. The van der Waals surface area contributed by atoms with Crippen LogP contribution in [0.1, 0.15) is 46.6 Å².